The zero-order valence-electron chi connectivity index (χ0n) is 13.8. The quantitative estimate of drug-likeness (QED) is 0.825. The van der Waals surface area contributed by atoms with Gasteiger partial charge in [-0.1, -0.05) is 18.2 Å². The summed E-state index contributed by atoms with van der Waals surface area (Å²) in [6, 6.07) is 11.7. The van der Waals surface area contributed by atoms with Crippen LogP contribution in [0, 0.1) is 0 Å². The van der Waals surface area contributed by atoms with Crippen molar-refractivity contribution in [1.29, 1.82) is 0 Å². The number of rotatable bonds is 7. The van der Waals surface area contributed by atoms with Crippen molar-refractivity contribution in [3.8, 4) is 5.75 Å². The summed E-state index contributed by atoms with van der Waals surface area (Å²) >= 11 is 0. The molecule has 0 aliphatic heterocycles. The molecular formula is C18H23N3O2. The lowest BCUT2D eigenvalue weighted by atomic mass is 10.1. The summed E-state index contributed by atoms with van der Waals surface area (Å²) < 4.78 is 5.34. The standard InChI is InChI=1S/C18H23N3O2/c1-13(2)21-18(22)16-9-8-15(12-20-16)19-11-10-14-6-4-5-7-17(14)23-3/h4-9,12-13,19H,10-11H2,1-3H3,(H,21,22). The molecule has 0 saturated heterocycles. The van der Waals surface area contributed by atoms with E-state index in [0.717, 1.165) is 30.0 Å². The molecule has 0 aliphatic rings. The molecule has 0 unspecified atom stereocenters. The number of pyridine rings is 1. The van der Waals surface area contributed by atoms with Gasteiger partial charge in [0.05, 0.1) is 19.0 Å². The normalized spacial score (nSPS) is 10.4. The molecule has 0 bridgehead atoms. The van der Waals surface area contributed by atoms with E-state index in [-0.39, 0.29) is 11.9 Å². The minimum absolute atomic E-state index is 0.1000. The number of ether oxygens (including phenoxy) is 1. The van der Waals surface area contributed by atoms with Crippen molar-refractivity contribution >= 4 is 11.6 Å². The SMILES string of the molecule is COc1ccccc1CCNc1ccc(C(=O)NC(C)C)nc1. The van der Waals surface area contributed by atoms with Gasteiger partial charge in [0, 0.05) is 12.6 Å². The summed E-state index contributed by atoms with van der Waals surface area (Å²) in [4.78, 5) is 16.0. The number of hydrogen-bond donors (Lipinski definition) is 2. The largest absolute Gasteiger partial charge is 0.496 e. The van der Waals surface area contributed by atoms with Gasteiger partial charge in [-0.2, -0.15) is 0 Å². The fourth-order valence-electron chi connectivity index (χ4n) is 2.22. The van der Waals surface area contributed by atoms with E-state index in [9.17, 15) is 4.79 Å². The predicted molar refractivity (Wildman–Crippen MR) is 92.0 cm³/mol. The van der Waals surface area contributed by atoms with Gasteiger partial charge in [-0.3, -0.25) is 4.79 Å². The topological polar surface area (TPSA) is 63.2 Å². The summed E-state index contributed by atoms with van der Waals surface area (Å²) in [5.74, 6) is 0.744. The second kappa shape index (κ2) is 8.17. The molecule has 0 radical (unpaired) electrons. The van der Waals surface area contributed by atoms with E-state index >= 15 is 0 Å². The maximum absolute atomic E-state index is 11.8. The monoisotopic (exact) mass is 313 g/mol. The number of para-hydroxylation sites is 1. The van der Waals surface area contributed by atoms with E-state index < -0.39 is 0 Å². The molecule has 1 amide bonds. The maximum atomic E-state index is 11.8. The number of amides is 1. The molecule has 122 valence electrons. The smallest absolute Gasteiger partial charge is 0.270 e. The van der Waals surface area contributed by atoms with Crippen LogP contribution in [0.5, 0.6) is 5.75 Å². The van der Waals surface area contributed by atoms with Crippen molar-refractivity contribution in [2.24, 2.45) is 0 Å². The highest BCUT2D eigenvalue weighted by atomic mass is 16.5. The van der Waals surface area contributed by atoms with Crippen molar-refractivity contribution in [1.82, 2.24) is 10.3 Å². The lowest BCUT2D eigenvalue weighted by molar-refractivity contribution is 0.0938. The highest BCUT2D eigenvalue weighted by molar-refractivity contribution is 5.92. The first-order chi connectivity index (χ1) is 11.1. The third-order valence-electron chi connectivity index (χ3n) is 3.33. The van der Waals surface area contributed by atoms with Crippen LogP contribution < -0.4 is 15.4 Å². The fraction of sp³-hybridized carbons (Fsp3) is 0.333. The van der Waals surface area contributed by atoms with Crippen LogP contribution >= 0.6 is 0 Å². The van der Waals surface area contributed by atoms with E-state index in [1.165, 1.54) is 0 Å². The predicted octanol–water partition coefficient (Wildman–Crippen LogP) is 2.88. The minimum Gasteiger partial charge on any atom is -0.496 e. The van der Waals surface area contributed by atoms with Gasteiger partial charge < -0.3 is 15.4 Å². The van der Waals surface area contributed by atoms with Crippen LogP contribution in [-0.4, -0.2) is 30.6 Å². The Bertz CT molecular complexity index is 639. The number of benzene rings is 1. The number of anilines is 1. The Morgan fingerprint density at radius 2 is 2.00 bits per heavy atom. The number of nitrogens with zero attached hydrogens (tertiary/aromatic N) is 1. The molecule has 1 heterocycles. The Kier molecular flexibility index (Phi) is 5.97. The van der Waals surface area contributed by atoms with E-state index in [4.69, 9.17) is 4.74 Å². The number of hydrogen-bond acceptors (Lipinski definition) is 4. The van der Waals surface area contributed by atoms with Crippen LogP contribution in [0.15, 0.2) is 42.6 Å². The molecule has 0 atom stereocenters. The molecule has 5 heteroatoms. The number of carbonyl (C=O) groups excluding carboxylic acids is 1. The molecule has 0 fully saturated rings. The zero-order valence-corrected chi connectivity index (χ0v) is 13.8. The summed E-state index contributed by atoms with van der Waals surface area (Å²) in [5, 5.41) is 6.12. The number of carbonyl (C=O) groups is 1. The molecular weight excluding hydrogens is 290 g/mol. The Labute approximate surface area is 137 Å². The summed E-state index contributed by atoms with van der Waals surface area (Å²) in [7, 11) is 1.68. The number of nitrogens with one attached hydrogen (secondary N) is 2. The van der Waals surface area contributed by atoms with Gasteiger partial charge in [0.25, 0.3) is 5.91 Å². The number of methoxy groups -OCH3 is 1. The van der Waals surface area contributed by atoms with Crippen molar-refractivity contribution in [2.75, 3.05) is 19.0 Å². The Balaban J connectivity index is 1.88. The van der Waals surface area contributed by atoms with Crippen LogP contribution in [0.25, 0.3) is 0 Å². The second-order valence-corrected chi connectivity index (χ2v) is 5.55. The van der Waals surface area contributed by atoms with Crippen LogP contribution in [0.2, 0.25) is 0 Å². The molecule has 2 N–H and O–H groups in total. The van der Waals surface area contributed by atoms with Crippen molar-refractivity contribution in [3.05, 3.63) is 53.9 Å². The summed E-state index contributed by atoms with van der Waals surface area (Å²) in [6.07, 6.45) is 2.52. The summed E-state index contributed by atoms with van der Waals surface area (Å²) in [6.45, 7) is 4.61. The molecule has 2 aromatic rings. The maximum Gasteiger partial charge on any atom is 0.270 e. The van der Waals surface area contributed by atoms with Crippen LogP contribution in [0.3, 0.4) is 0 Å². The van der Waals surface area contributed by atoms with E-state index in [1.54, 1.807) is 19.4 Å². The molecule has 0 aliphatic carbocycles. The zero-order chi connectivity index (χ0) is 16.7. The van der Waals surface area contributed by atoms with Gasteiger partial charge in [0.2, 0.25) is 0 Å². The average molecular weight is 313 g/mol. The van der Waals surface area contributed by atoms with Crippen LogP contribution in [0.1, 0.15) is 29.9 Å². The van der Waals surface area contributed by atoms with Crippen LogP contribution in [0.4, 0.5) is 5.69 Å². The highest BCUT2D eigenvalue weighted by Crippen LogP contribution is 2.17. The molecule has 1 aromatic carbocycles. The minimum atomic E-state index is -0.152. The summed E-state index contributed by atoms with van der Waals surface area (Å²) in [5.41, 5.74) is 2.47. The molecule has 0 spiro atoms. The average Bonchev–Trinajstić information content (AvgIpc) is 2.55. The molecule has 2 rings (SSSR count). The fourth-order valence-corrected chi connectivity index (χ4v) is 2.22. The van der Waals surface area contributed by atoms with Gasteiger partial charge in [-0.15, -0.1) is 0 Å². The molecule has 5 nitrogen and oxygen atoms in total. The van der Waals surface area contributed by atoms with Crippen molar-refractivity contribution < 1.29 is 9.53 Å². The third kappa shape index (κ3) is 4.98. The first kappa shape index (κ1) is 16.8. The highest BCUT2D eigenvalue weighted by Gasteiger charge is 2.08. The number of aromatic nitrogens is 1. The molecule has 0 saturated carbocycles. The van der Waals surface area contributed by atoms with E-state index in [1.807, 2.05) is 38.1 Å². The first-order valence-corrected chi connectivity index (χ1v) is 7.73. The molecule has 1 aromatic heterocycles. The van der Waals surface area contributed by atoms with E-state index in [0.29, 0.717) is 5.69 Å². The lowest BCUT2D eigenvalue weighted by Gasteiger charge is -2.10. The van der Waals surface area contributed by atoms with Crippen molar-refractivity contribution in [2.45, 2.75) is 26.3 Å². The van der Waals surface area contributed by atoms with Crippen LogP contribution in [-0.2, 0) is 6.42 Å². The first-order valence-electron chi connectivity index (χ1n) is 7.73. The van der Waals surface area contributed by atoms with Crippen molar-refractivity contribution in [3.63, 3.8) is 0 Å². The van der Waals surface area contributed by atoms with Gasteiger partial charge in [-0.25, -0.2) is 4.98 Å². The second-order valence-electron chi connectivity index (χ2n) is 5.55. The Morgan fingerprint density at radius 1 is 1.22 bits per heavy atom. The van der Waals surface area contributed by atoms with Gasteiger partial charge in [0.1, 0.15) is 11.4 Å². The lowest BCUT2D eigenvalue weighted by Crippen LogP contribution is -2.30. The third-order valence-corrected chi connectivity index (χ3v) is 3.33. The van der Waals surface area contributed by atoms with Gasteiger partial charge >= 0.3 is 0 Å². The van der Waals surface area contributed by atoms with E-state index in [2.05, 4.69) is 21.7 Å². The Hall–Kier alpha value is -2.56. The molecule has 23 heavy (non-hydrogen) atoms. The van der Waals surface area contributed by atoms with Gasteiger partial charge in [0.15, 0.2) is 0 Å². The Morgan fingerprint density at radius 3 is 2.65 bits per heavy atom. The van der Waals surface area contributed by atoms with Gasteiger partial charge in [-0.05, 0) is 44.0 Å².